The maximum atomic E-state index is 10.2. The summed E-state index contributed by atoms with van der Waals surface area (Å²) in [5, 5.41) is 2.46. The second-order valence-corrected chi connectivity index (χ2v) is 6.42. The van der Waals surface area contributed by atoms with Gasteiger partial charge >= 0.3 is 0 Å². The molecule has 0 aliphatic carbocycles. The van der Waals surface area contributed by atoms with Crippen LogP contribution in [0.1, 0.15) is 20.3 Å². The van der Waals surface area contributed by atoms with Crippen molar-refractivity contribution in [2.75, 3.05) is 32.9 Å². The molecule has 1 aliphatic heterocycles. The molecule has 1 heterocycles. The van der Waals surface area contributed by atoms with E-state index >= 15 is 0 Å². The molecule has 0 bridgehead atoms. The summed E-state index contributed by atoms with van der Waals surface area (Å²) in [5.41, 5.74) is 0.815. The van der Waals surface area contributed by atoms with Crippen LogP contribution in [-0.4, -0.2) is 56.3 Å². The Kier molecular flexibility index (Phi) is 6.51. The van der Waals surface area contributed by atoms with Crippen molar-refractivity contribution in [2.24, 2.45) is 0 Å². The Hall–Kier alpha value is -0.920. The van der Waals surface area contributed by atoms with Gasteiger partial charge in [0.2, 0.25) is 0 Å². The lowest BCUT2D eigenvalue weighted by atomic mass is 10.2. The first-order valence-electron chi connectivity index (χ1n) is 5.80. The van der Waals surface area contributed by atoms with E-state index in [1.165, 1.54) is 0 Å². The van der Waals surface area contributed by atoms with E-state index in [1.54, 1.807) is 13.1 Å². The zero-order chi connectivity index (χ0) is 14.4. The van der Waals surface area contributed by atoms with Crippen LogP contribution in [0.2, 0.25) is 0 Å². The average molecular weight is 278 g/mol. The van der Waals surface area contributed by atoms with Crippen molar-refractivity contribution < 1.29 is 22.2 Å². The van der Waals surface area contributed by atoms with E-state index in [-0.39, 0.29) is 11.7 Å². The van der Waals surface area contributed by atoms with E-state index in [2.05, 4.69) is 5.32 Å². The number of hydrogen-bond acceptors (Lipinski definition) is 4. The summed E-state index contributed by atoms with van der Waals surface area (Å²) in [6.07, 6.45) is 2.13. The van der Waals surface area contributed by atoms with Crippen LogP contribution < -0.4 is 5.32 Å². The summed E-state index contributed by atoms with van der Waals surface area (Å²) < 4.78 is 31.5. The van der Waals surface area contributed by atoms with E-state index in [0.717, 1.165) is 23.1 Å². The van der Waals surface area contributed by atoms with Gasteiger partial charge < -0.3 is 14.4 Å². The maximum absolute atomic E-state index is 10.2. The molecule has 7 heteroatoms. The molecule has 0 fully saturated rings. The summed E-state index contributed by atoms with van der Waals surface area (Å²) in [4.78, 5) is 10.1. The average Bonchev–Trinajstić information content (AvgIpc) is 2.25. The molecular weight excluding hydrogens is 256 g/mol. The van der Waals surface area contributed by atoms with Crippen LogP contribution in [0.25, 0.3) is 0 Å². The molecule has 0 aromatic carbocycles. The SMILES string of the molecule is CC1=CNC1=O.CC[N+](C)(C)CCCS(=O)(=O)[O-]. The van der Waals surface area contributed by atoms with Gasteiger partial charge in [0.25, 0.3) is 5.91 Å². The highest BCUT2D eigenvalue weighted by molar-refractivity contribution is 7.85. The van der Waals surface area contributed by atoms with E-state index in [9.17, 15) is 17.8 Å². The van der Waals surface area contributed by atoms with Crippen LogP contribution in [0.15, 0.2) is 11.8 Å². The minimum atomic E-state index is -4.01. The Labute approximate surface area is 109 Å². The molecule has 1 N–H and O–H groups in total. The van der Waals surface area contributed by atoms with E-state index in [4.69, 9.17) is 0 Å². The van der Waals surface area contributed by atoms with Crippen LogP contribution in [0.4, 0.5) is 0 Å². The summed E-state index contributed by atoms with van der Waals surface area (Å²) in [6, 6.07) is 0. The number of hydrogen-bond donors (Lipinski definition) is 1. The topological polar surface area (TPSA) is 86.3 Å². The molecule has 0 spiro atoms. The highest BCUT2D eigenvalue weighted by Gasteiger charge is 2.11. The lowest BCUT2D eigenvalue weighted by Crippen LogP contribution is -2.40. The smallest absolute Gasteiger partial charge is 0.252 e. The van der Waals surface area contributed by atoms with Gasteiger partial charge in [-0.05, 0) is 13.8 Å². The van der Waals surface area contributed by atoms with Crippen molar-refractivity contribution in [3.05, 3.63) is 11.8 Å². The van der Waals surface area contributed by atoms with Crippen molar-refractivity contribution in [3.63, 3.8) is 0 Å². The van der Waals surface area contributed by atoms with Crippen LogP contribution in [-0.2, 0) is 14.9 Å². The fourth-order valence-electron chi connectivity index (χ4n) is 1.10. The summed E-state index contributed by atoms with van der Waals surface area (Å²) in [7, 11) is 0.00789. The first-order valence-corrected chi connectivity index (χ1v) is 7.38. The van der Waals surface area contributed by atoms with Gasteiger partial charge in [0, 0.05) is 23.9 Å². The molecular formula is C11H22N2O4S. The Morgan fingerprint density at radius 1 is 1.39 bits per heavy atom. The van der Waals surface area contributed by atoms with Crippen molar-refractivity contribution >= 4 is 16.0 Å². The van der Waals surface area contributed by atoms with Crippen molar-refractivity contribution in [3.8, 4) is 0 Å². The minimum absolute atomic E-state index is 0.0509. The van der Waals surface area contributed by atoms with Gasteiger partial charge in [-0.15, -0.1) is 0 Å². The molecule has 0 unspecified atom stereocenters. The van der Waals surface area contributed by atoms with Gasteiger partial charge in [-0.25, -0.2) is 8.42 Å². The number of carbonyl (C=O) groups is 1. The standard InChI is InChI=1S/C7H17NO3S.C4H5NO/c1-4-8(2,3)6-5-7-12(9,10)11;1-3-2-5-4(3)6/h4-7H2,1-3H3;2H,1H3,(H,5,6). The van der Waals surface area contributed by atoms with Crippen LogP contribution in [0, 0.1) is 0 Å². The predicted octanol–water partition coefficient (Wildman–Crippen LogP) is 0.0380. The van der Waals surface area contributed by atoms with Gasteiger partial charge in [0.05, 0.1) is 37.3 Å². The third-order valence-electron chi connectivity index (χ3n) is 2.79. The molecule has 1 aliphatic rings. The lowest BCUT2D eigenvalue weighted by Gasteiger charge is -2.28. The first-order chi connectivity index (χ1) is 8.07. The number of nitrogens with one attached hydrogen (secondary N) is 1. The molecule has 0 atom stereocenters. The zero-order valence-corrected chi connectivity index (χ0v) is 12.2. The van der Waals surface area contributed by atoms with Gasteiger partial charge in [-0.2, -0.15) is 0 Å². The molecule has 106 valence electrons. The molecule has 18 heavy (non-hydrogen) atoms. The molecule has 0 radical (unpaired) electrons. The fraction of sp³-hybridized carbons (Fsp3) is 0.727. The Balaban J connectivity index is 0.000000397. The highest BCUT2D eigenvalue weighted by atomic mass is 32.2. The second kappa shape index (κ2) is 6.86. The van der Waals surface area contributed by atoms with Gasteiger partial charge in [-0.1, -0.05) is 0 Å². The van der Waals surface area contributed by atoms with Crippen molar-refractivity contribution in [1.29, 1.82) is 0 Å². The van der Waals surface area contributed by atoms with E-state index in [1.807, 2.05) is 21.0 Å². The fourth-order valence-corrected chi connectivity index (χ4v) is 1.59. The van der Waals surface area contributed by atoms with Gasteiger partial charge in [0.1, 0.15) is 0 Å². The molecule has 1 rings (SSSR count). The molecule has 0 aromatic rings. The summed E-state index contributed by atoms with van der Waals surface area (Å²) >= 11 is 0. The molecule has 0 saturated carbocycles. The second-order valence-electron chi connectivity index (χ2n) is 4.89. The highest BCUT2D eigenvalue weighted by Crippen LogP contribution is 1.99. The molecule has 1 amide bonds. The van der Waals surface area contributed by atoms with Crippen molar-refractivity contribution in [1.82, 2.24) is 5.32 Å². The number of amides is 1. The zero-order valence-electron chi connectivity index (χ0n) is 11.4. The Bertz CT molecular complexity index is 413. The van der Waals surface area contributed by atoms with Crippen LogP contribution >= 0.6 is 0 Å². The Morgan fingerprint density at radius 2 is 1.89 bits per heavy atom. The van der Waals surface area contributed by atoms with E-state index < -0.39 is 10.1 Å². The van der Waals surface area contributed by atoms with Gasteiger partial charge in [0.15, 0.2) is 0 Å². The minimum Gasteiger partial charge on any atom is -0.748 e. The molecule has 0 saturated heterocycles. The van der Waals surface area contributed by atoms with Crippen LogP contribution in [0.3, 0.4) is 0 Å². The lowest BCUT2D eigenvalue weighted by molar-refractivity contribution is -0.888. The monoisotopic (exact) mass is 278 g/mol. The third kappa shape index (κ3) is 8.21. The maximum Gasteiger partial charge on any atom is 0.252 e. The predicted molar refractivity (Wildman–Crippen MR) is 68.6 cm³/mol. The van der Waals surface area contributed by atoms with Gasteiger partial charge in [-0.3, -0.25) is 4.79 Å². The summed E-state index contributed by atoms with van der Waals surface area (Å²) in [6.45, 7) is 5.49. The van der Waals surface area contributed by atoms with E-state index in [0.29, 0.717) is 6.42 Å². The number of carbonyl (C=O) groups excluding carboxylic acids is 1. The van der Waals surface area contributed by atoms with Crippen LogP contribution in [0.5, 0.6) is 0 Å². The molecule has 0 aromatic heterocycles. The van der Waals surface area contributed by atoms with Crippen molar-refractivity contribution in [2.45, 2.75) is 20.3 Å². The number of rotatable bonds is 5. The third-order valence-corrected chi connectivity index (χ3v) is 3.58. The normalized spacial score (nSPS) is 14.9. The first kappa shape index (κ1) is 17.1. The largest absolute Gasteiger partial charge is 0.748 e. The Morgan fingerprint density at radius 3 is 2.11 bits per heavy atom. The number of nitrogens with zero attached hydrogens (tertiary/aromatic N) is 1. The molecule has 6 nitrogen and oxygen atoms in total. The quantitative estimate of drug-likeness (QED) is 0.568. The number of quaternary nitrogens is 1. The summed E-state index contributed by atoms with van der Waals surface area (Å²) in [5.74, 6) is -0.190.